The molecule has 28 heavy (non-hydrogen) atoms. The van der Waals surface area contributed by atoms with E-state index in [9.17, 15) is 14.9 Å². The average molecular weight is 385 g/mol. The summed E-state index contributed by atoms with van der Waals surface area (Å²) in [6.07, 6.45) is 0. The van der Waals surface area contributed by atoms with E-state index in [1.807, 2.05) is 12.1 Å². The van der Waals surface area contributed by atoms with Crippen LogP contribution in [0.4, 0.5) is 11.4 Å². The number of nitrogens with one attached hydrogen (secondary N) is 1. The Labute approximate surface area is 161 Å². The summed E-state index contributed by atoms with van der Waals surface area (Å²) in [6.45, 7) is 3.57. The lowest BCUT2D eigenvalue weighted by Gasteiger charge is -2.20. The molecule has 0 fully saturated rings. The maximum atomic E-state index is 11.1. The van der Waals surface area contributed by atoms with Crippen molar-refractivity contribution >= 4 is 23.0 Å². The molecule has 1 N–H and O–H groups in total. The van der Waals surface area contributed by atoms with Gasteiger partial charge >= 0.3 is 0 Å². The third-order valence-corrected chi connectivity index (χ3v) is 4.03. The molecule has 2 aromatic carbocycles. The van der Waals surface area contributed by atoms with Crippen molar-refractivity contribution in [3.05, 3.63) is 63.2 Å². The van der Waals surface area contributed by atoms with E-state index in [4.69, 9.17) is 14.3 Å². The number of fused-ring (bicyclic) bond motifs is 1. The molecular formula is C19H19N3O6. The zero-order valence-corrected chi connectivity index (χ0v) is 15.4. The van der Waals surface area contributed by atoms with Crippen LogP contribution in [-0.2, 0) is 27.6 Å². The molecule has 0 bridgehead atoms. The first-order valence-corrected chi connectivity index (χ1v) is 8.49. The van der Waals surface area contributed by atoms with Gasteiger partial charge in [-0.15, -0.1) is 0 Å². The van der Waals surface area contributed by atoms with Crippen LogP contribution >= 0.6 is 0 Å². The number of amides is 1. The van der Waals surface area contributed by atoms with Crippen LogP contribution in [0.15, 0.2) is 41.6 Å². The number of ether oxygens (including phenoxy) is 2. The van der Waals surface area contributed by atoms with E-state index in [1.165, 1.54) is 19.1 Å². The number of carbonyl (C=O) groups excluding carboxylic acids is 1. The van der Waals surface area contributed by atoms with E-state index in [-0.39, 0.29) is 31.6 Å². The number of hydrogen-bond acceptors (Lipinski definition) is 7. The van der Waals surface area contributed by atoms with Crippen LogP contribution in [0.5, 0.6) is 5.75 Å². The van der Waals surface area contributed by atoms with Crippen molar-refractivity contribution in [2.45, 2.75) is 27.1 Å². The number of anilines is 1. The van der Waals surface area contributed by atoms with Crippen molar-refractivity contribution in [1.82, 2.24) is 0 Å². The quantitative estimate of drug-likeness (QED) is 0.463. The summed E-state index contributed by atoms with van der Waals surface area (Å²) in [4.78, 5) is 27.1. The molecule has 2 aromatic rings. The highest BCUT2D eigenvalue weighted by Gasteiger charge is 2.21. The maximum Gasteiger partial charge on any atom is 0.270 e. The van der Waals surface area contributed by atoms with Crippen LogP contribution < -0.4 is 10.1 Å². The molecule has 0 atom stereocenters. The van der Waals surface area contributed by atoms with Gasteiger partial charge in [0.25, 0.3) is 5.69 Å². The van der Waals surface area contributed by atoms with E-state index >= 15 is 0 Å². The fraction of sp³-hybridized carbons (Fsp3) is 0.263. The molecule has 0 spiro atoms. The van der Waals surface area contributed by atoms with E-state index in [0.29, 0.717) is 28.3 Å². The largest absolute Gasteiger partial charge is 0.467 e. The van der Waals surface area contributed by atoms with Gasteiger partial charge in [-0.05, 0) is 24.6 Å². The van der Waals surface area contributed by atoms with Gasteiger partial charge in [-0.25, -0.2) is 0 Å². The first kappa shape index (κ1) is 19.3. The molecule has 9 heteroatoms. The summed E-state index contributed by atoms with van der Waals surface area (Å²) in [6, 6.07) is 9.99. The molecule has 3 rings (SSSR count). The van der Waals surface area contributed by atoms with Gasteiger partial charge in [-0.2, -0.15) is 0 Å². The Hall–Kier alpha value is -3.46. The zero-order valence-electron chi connectivity index (χ0n) is 15.4. The van der Waals surface area contributed by atoms with E-state index in [1.54, 1.807) is 19.1 Å². The second-order valence-corrected chi connectivity index (χ2v) is 6.17. The number of nitrogens with zero attached hydrogens (tertiary/aromatic N) is 2. The molecule has 0 aliphatic carbocycles. The Morgan fingerprint density at radius 1 is 1.29 bits per heavy atom. The molecule has 146 valence electrons. The molecule has 0 saturated carbocycles. The Bertz CT molecular complexity index is 924. The SMILES string of the molecule is CC(=O)Nc1ccc(/C(C)=N/OCc2cc([N+](=O)[O-])cc3c2OCOC3)cc1. The minimum absolute atomic E-state index is 0.0192. The van der Waals surface area contributed by atoms with Gasteiger partial charge in [0.2, 0.25) is 5.91 Å². The molecule has 1 aliphatic rings. The number of benzene rings is 2. The number of nitro benzene ring substituents is 1. The van der Waals surface area contributed by atoms with Crippen LogP contribution in [0.1, 0.15) is 30.5 Å². The van der Waals surface area contributed by atoms with Crippen molar-refractivity contribution in [2.75, 3.05) is 12.1 Å². The molecule has 0 aromatic heterocycles. The number of non-ortho nitro benzene ring substituents is 1. The average Bonchev–Trinajstić information content (AvgIpc) is 2.67. The number of nitro groups is 1. The molecular weight excluding hydrogens is 366 g/mol. The van der Waals surface area contributed by atoms with Crippen LogP contribution in [0, 0.1) is 10.1 Å². The predicted octanol–water partition coefficient (Wildman–Crippen LogP) is 3.36. The van der Waals surface area contributed by atoms with Crippen LogP contribution in [0.25, 0.3) is 0 Å². The molecule has 1 aliphatic heterocycles. The molecule has 0 radical (unpaired) electrons. The van der Waals surface area contributed by atoms with Gasteiger partial charge in [0.15, 0.2) is 6.79 Å². The first-order chi connectivity index (χ1) is 13.4. The standard InChI is InChI=1S/C19H19N3O6/c1-12(14-3-5-17(6-4-14)20-13(2)23)21-28-10-16-8-18(22(24)25)7-15-9-26-11-27-19(15)16/h3-8H,9-11H2,1-2H3,(H,20,23)/b21-12+. The van der Waals surface area contributed by atoms with Crippen molar-refractivity contribution in [1.29, 1.82) is 0 Å². The number of hydrogen-bond donors (Lipinski definition) is 1. The van der Waals surface area contributed by atoms with Crippen LogP contribution in [0.3, 0.4) is 0 Å². The maximum absolute atomic E-state index is 11.1. The Kier molecular flexibility index (Phi) is 5.85. The lowest BCUT2D eigenvalue weighted by Crippen LogP contribution is -2.14. The summed E-state index contributed by atoms with van der Waals surface area (Å²) >= 11 is 0. The molecule has 0 saturated heterocycles. The normalized spacial score (nSPS) is 13.3. The smallest absolute Gasteiger partial charge is 0.270 e. The van der Waals surface area contributed by atoms with Crippen LogP contribution in [0.2, 0.25) is 0 Å². The highest BCUT2D eigenvalue weighted by molar-refractivity contribution is 5.99. The van der Waals surface area contributed by atoms with Crippen molar-refractivity contribution < 1.29 is 24.0 Å². The van der Waals surface area contributed by atoms with Crippen molar-refractivity contribution in [3.63, 3.8) is 0 Å². The topological polar surface area (TPSA) is 112 Å². The summed E-state index contributed by atoms with van der Waals surface area (Å²) < 4.78 is 10.6. The number of rotatable bonds is 6. The summed E-state index contributed by atoms with van der Waals surface area (Å²) in [5, 5.41) is 17.9. The summed E-state index contributed by atoms with van der Waals surface area (Å²) in [5.41, 5.74) is 3.21. The Morgan fingerprint density at radius 3 is 2.71 bits per heavy atom. The third-order valence-electron chi connectivity index (χ3n) is 4.03. The van der Waals surface area contributed by atoms with Gasteiger partial charge in [-0.3, -0.25) is 14.9 Å². The monoisotopic (exact) mass is 385 g/mol. The van der Waals surface area contributed by atoms with Gasteiger partial charge in [-0.1, -0.05) is 17.3 Å². The number of oxime groups is 1. The highest BCUT2D eigenvalue weighted by atomic mass is 16.7. The molecule has 1 amide bonds. The number of carbonyl (C=O) groups is 1. The highest BCUT2D eigenvalue weighted by Crippen LogP contribution is 2.33. The van der Waals surface area contributed by atoms with E-state index < -0.39 is 4.92 Å². The molecule has 1 heterocycles. The lowest BCUT2D eigenvalue weighted by molar-refractivity contribution is -0.385. The van der Waals surface area contributed by atoms with Crippen molar-refractivity contribution in [3.8, 4) is 5.75 Å². The van der Waals surface area contributed by atoms with Crippen LogP contribution in [-0.4, -0.2) is 23.3 Å². The van der Waals surface area contributed by atoms with E-state index in [0.717, 1.165) is 5.56 Å². The predicted molar refractivity (Wildman–Crippen MR) is 101 cm³/mol. The minimum atomic E-state index is -0.469. The van der Waals surface area contributed by atoms with Gasteiger partial charge in [0.1, 0.15) is 12.4 Å². The second-order valence-electron chi connectivity index (χ2n) is 6.17. The van der Waals surface area contributed by atoms with Crippen molar-refractivity contribution in [2.24, 2.45) is 5.16 Å². The Morgan fingerprint density at radius 2 is 2.04 bits per heavy atom. The second kappa shape index (κ2) is 8.49. The van der Waals surface area contributed by atoms with E-state index in [2.05, 4.69) is 10.5 Å². The fourth-order valence-electron chi connectivity index (χ4n) is 2.74. The van der Waals surface area contributed by atoms with Gasteiger partial charge in [0.05, 0.1) is 17.2 Å². The van der Waals surface area contributed by atoms with Gasteiger partial charge < -0.3 is 19.6 Å². The molecule has 9 nitrogen and oxygen atoms in total. The minimum Gasteiger partial charge on any atom is -0.467 e. The lowest BCUT2D eigenvalue weighted by atomic mass is 10.1. The Balaban J connectivity index is 1.72. The first-order valence-electron chi connectivity index (χ1n) is 8.49. The summed E-state index contributed by atoms with van der Waals surface area (Å²) in [7, 11) is 0. The third kappa shape index (κ3) is 4.63. The molecule has 0 unspecified atom stereocenters. The zero-order chi connectivity index (χ0) is 20.1. The van der Waals surface area contributed by atoms with Gasteiger partial charge in [0, 0.05) is 35.9 Å². The fourth-order valence-corrected chi connectivity index (χ4v) is 2.74. The summed E-state index contributed by atoms with van der Waals surface area (Å²) in [5.74, 6) is 0.388.